The molecule has 0 aliphatic carbocycles. The maximum Gasteiger partial charge on any atom is 0.0294 e. The second-order valence-electron chi connectivity index (χ2n) is 3.32. The molecule has 0 heterocycles. The van der Waals surface area contributed by atoms with Crippen LogP contribution in [0.3, 0.4) is 0 Å². The number of aryl methyl sites for hydroxylation is 2. The summed E-state index contributed by atoms with van der Waals surface area (Å²) in [6.45, 7) is 10.5. The molecule has 1 aromatic rings. The van der Waals surface area contributed by atoms with Crippen molar-refractivity contribution in [3.05, 3.63) is 34.9 Å². The lowest BCUT2D eigenvalue weighted by molar-refractivity contribution is 0.644. The molecule has 1 unspecified atom stereocenters. The minimum absolute atomic E-state index is 0.450. The summed E-state index contributed by atoms with van der Waals surface area (Å²) in [7, 11) is 2.00. The summed E-state index contributed by atoms with van der Waals surface area (Å²) in [5, 5.41) is 3.26. The summed E-state index contributed by atoms with van der Waals surface area (Å²) in [4.78, 5) is 0. The predicted molar refractivity (Wildman–Crippen MR) is 64.7 cm³/mol. The molecule has 1 aromatic carbocycles. The van der Waals surface area contributed by atoms with Gasteiger partial charge >= 0.3 is 0 Å². The van der Waals surface area contributed by atoms with Gasteiger partial charge in [-0.3, -0.25) is 0 Å². The van der Waals surface area contributed by atoms with Crippen LogP contribution < -0.4 is 5.32 Å². The Morgan fingerprint density at radius 1 is 1.07 bits per heavy atom. The Labute approximate surface area is 88.5 Å². The van der Waals surface area contributed by atoms with Crippen molar-refractivity contribution in [1.82, 2.24) is 5.32 Å². The fourth-order valence-corrected chi connectivity index (χ4v) is 1.65. The molecule has 0 saturated heterocycles. The Balaban J connectivity index is 0.000000791. The average Bonchev–Trinajstić information content (AvgIpc) is 2.20. The lowest BCUT2D eigenvalue weighted by Crippen LogP contribution is -2.14. The normalized spacial score (nSPS) is 11.6. The van der Waals surface area contributed by atoms with E-state index in [0.717, 1.165) is 0 Å². The van der Waals surface area contributed by atoms with Gasteiger partial charge < -0.3 is 5.32 Å². The van der Waals surface area contributed by atoms with Gasteiger partial charge in [-0.2, -0.15) is 0 Å². The van der Waals surface area contributed by atoms with E-state index in [1.165, 1.54) is 16.7 Å². The molecule has 14 heavy (non-hydrogen) atoms. The van der Waals surface area contributed by atoms with Gasteiger partial charge in [0.1, 0.15) is 0 Å². The van der Waals surface area contributed by atoms with Crippen LogP contribution in [0, 0.1) is 13.8 Å². The molecule has 1 N–H and O–H groups in total. The monoisotopic (exact) mass is 193 g/mol. The third kappa shape index (κ3) is 3.15. The Hall–Kier alpha value is -0.820. The molecular formula is C13H23N. The highest BCUT2D eigenvalue weighted by atomic mass is 14.9. The minimum atomic E-state index is 0.450. The topological polar surface area (TPSA) is 12.0 Å². The molecule has 0 aliphatic heterocycles. The zero-order valence-electron chi connectivity index (χ0n) is 10.3. The number of hydrogen-bond donors (Lipinski definition) is 1. The van der Waals surface area contributed by atoms with Crippen molar-refractivity contribution in [3.8, 4) is 0 Å². The fourth-order valence-electron chi connectivity index (χ4n) is 1.65. The van der Waals surface area contributed by atoms with E-state index in [4.69, 9.17) is 0 Å². The third-order valence-corrected chi connectivity index (χ3v) is 2.41. The molecule has 1 rings (SSSR count). The van der Waals surface area contributed by atoms with E-state index < -0.39 is 0 Å². The summed E-state index contributed by atoms with van der Waals surface area (Å²) < 4.78 is 0. The van der Waals surface area contributed by atoms with Gasteiger partial charge in [-0.25, -0.2) is 0 Å². The van der Waals surface area contributed by atoms with Crippen molar-refractivity contribution >= 4 is 0 Å². The maximum absolute atomic E-state index is 3.26. The van der Waals surface area contributed by atoms with Gasteiger partial charge in [0.15, 0.2) is 0 Å². The zero-order chi connectivity index (χ0) is 11.1. The summed E-state index contributed by atoms with van der Waals surface area (Å²) >= 11 is 0. The van der Waals surface area contributed by atoms with Crippen LogP contribution in [0.2, 0.25) is 0 Å². The Kier molecular flexibility index (Phi) is 6.22. The molecule has 0 spiro atoms. The van der Waals surface area contributed by atoms with Crippen molar-refractivity contribution in [3.63, 3.8) is 0 Å². The summed E-state index contributed by atoms with van der Waals surface area (Å²) in [5.74, 6) is 0. The minimum Gasteiger partial charge on any atom is -0.313 e. The van der Waals surface area contributed by atoms with Crippen molar-refractivity contribution in [2.45, 2.75) is 40.7 Å². The van der Waals surface area contributed by atoms with Crippen molar-refractivity contribution in [2.24, 2.45) is 0 Å². The van der Waals surface area contributed by atoms with E-state index in [1.807, 2.05) is 20.9 Å². The van der Waals surface area contributed by atoms with Crippen LogP contribution in [0.25, 0.3) is 0 Å². The quantitative estimate of drug-likeness (QED) is 0.756. The first-order chi connectivity index (χ1) is 6.66. The summed E-state index contributed by atoms with van der Waals surface area (Å²) in [6, 6.07) is 6.88. The molecule has 1 nitrogen and oxygen atoms in total. The number of nitrogens with one attached hydrogen (secondary N) is 1. The standard InChI is InChI=1S/C11H17N.C2H6/c1-8-6-5-7-9(2)11(8)10(3)12-4;1-2/h5-7,10,12H,1-4H3;1-2H3. The Bertz CT molecular complexity index is 246. The van der Waals surface area contributed by atoms with E-state index in [-0.39, 0.29) is 0 Å². The summed E-state index contributed by atoms with van der Waals surface area (Å²) in [5.41, 5.74) is 4.17. The van der Waals surface area contributed by atoms with Gasteiger partial charge in [-0.15, -0.1) is 0 Å². The van der Waals surface area contributed by atoms with Gasteiger partial charge in [-0.05, 0) is 44.5 Å². The van der Waals surface area contributed by atoms with Crippen LogP contribution >= 0.6 is 0 Å². The van der Waals surface area contributed by atoms with Crippen LogP contribution in [-0.2, 0) is 0 Å². The molecule has 0 amide bonds. The van der Waals surface area contributed by atoms with Crippen LogP contribution in [0.15, 0.2) is 18.2 Å². The molecule has 0 saturated carbocycles. The Morgan fingerprint density at radius 3 is 1.86 bits per heavy atom. The largest absolute Gasteiger partial charge is 0.313 e. The lowest BCUT2D eigenvalue weighted by atomic mass is 9.97. The van der Waals surface area contributed by atoms with Crippen LogP contribution in [0.4, 0.5) is 0 Å². The van der Waals surface area contributed by atoms with Gasteiger partial charge in [-0.1, -0.05) is 32.0 Å². The molecule has 0 aliphatic rings. The molecule has 80 valence electrons. The number of rotatable bonds is 2. The highest BCUT2D eigenvalue weighted by Gasteiger charge is 2.07. The zero-order valence-corrected chi connectivity index (χ0v) is 10.3. The molecule has 0 aromatic heterocycles. The number of benzene rings is 1. The Morgan fingerprint density at radius 2 is 1.50 bits per heavy atom. The van der Waals surface area contributed by atoms with Crippen LogP contribution in [-0.4, -0.2) is 7.05 Å². The van der Waals surface area contributed by atoms with Gasteiger partial charge in [0.2, 0.25) is 0 Å². The highest BCUT2D eigenvalue weighted by molar-refractivity contribution is 5.35. The first-order valence-electron chi connectivity index (χ1n) is 5.40. The van der Waals surface area contributed by atoms with E-state index in [1.54, 1.807) is 0 Å². The first-order valence-corrected chi connectivity index (χ1v) is 5.40. The van der Waals surface area contributed by atoms with Crippen molar-refractivity contribution in [1.29, 1.82) is 0 Å². The number of hydrogen-bond acceptors (Lipinski definition) is 1. The smallest absolute Gasteiger partial charge is 0.0294 e. The van der Waals surface area contributed by atoms with Gasteiger partial charge in [0.25, 0.3) is 0 Å². The summed E-state index contributed by atoms with van der Waals surface area (Å²) in [6.07, 6.45) is 0. The molecule has 1 heteroatoms. The predicted octanol–water partition coefficient (Wildman–Crippen LogP) is 3.61. The SMILES string of the molecule is CC.CNC(C)c1c(C)cccc1C. The van der Waals surface area contributed by atoms with Gasteiger partial charge in [0, 0.05) is 6.04 Å². The molecule has 0 radical (unpaired) electrons. The third-order valence-electron chi connectivity index (χ3n) is 2.41. The second kappa shape index (κ2) is 6.61. The van der Waals surface area contributed by atoms with E-state index in [0.29, 0.717) is 6.04 Å². The molecule has 1 atom stereocenters. The lowest BCUT2D eigenvalue weighted by Gasteiger charge is -2.16. The van der Waals surface area contributed by atoms with Crippen LogP contribution in [0.5, 0.6) is 0 Å². The van der Waals surface area contributed by atoms with E-state index in [9.17, 15) is 0 Å². The first kappa shape index (κ1) is 13.2. The van der Waals surface area contributed by atoms with Crippen molar-refractivity contribution in [2.75, 3.05) is 7.05 Å². The molecule has 0 fully saturated rings. The fraction of sp³-hybridized carbons (Fsp3) is 0.538. The van der Waals surface area contributed by atoms with Crippen LogP contribution in [0.1, 0.15) is 43.5 Å². The molecular weight excluding hydrogens is 170 g/mol. The maximum atomic E-state index is 3.26. The van der Waals surface area contributed by atoms with E-state index >= 15 is 0 Å². The molecule has 0 bridgehead atoms. The average molecular weight is 193 g/mol. The van der Waals surface area contributed by atoms with Crippen molar-refractivity contribution < 1.29 is 0 Å². The van der Waals surface area contributed by atoms with Gasteiger partial charge in [0.05, 0.1) is 0 Å². The second-order valence-corrected chi connectivity index (χ2v) is 3.32. The van der Waals surface area contributed by atoms with E-state index in [2.05, 4.69) is 44.3 Å². The highest BCUT2D eigenvalue weighted by Crippen LogP contribution is 2.20.